The molecule has 6 nitrogen and oxygen atoms in total. The zero-order valence-corrected chi connectivity index (χ0v) is 18.1. The van der Waals surface area contributed by atoms with Crippen molar-refractivity contribution in [2.45, 2.75) is 6.61 Å². The van der Waals surface area contributed by atoms with Crippen LogP contribution in [0.2, 0.25) is 0 Å². The van der Waals surface area contributed by atoms with Gasteiger partial charge in [0.05, 0.1) is 7.11 Å². The molecule has 3 aromatic carbocycles. The number of esters is 1. The largest absolute Gasteiger partial charge is 0.493 e. The van der Waals surface area contributed by atoms with Gasteiger partial charge in [0.1, 0.15) is 13.2 Å². The fourth-order valence-corrected chi connectivity index (χ4v) is 3.09. The Kier molecular flexibility index (Phi) is 7.14. The summed E-state index contributed by atoms with van der Waals surface area (Å²) in [6, 6.07) is 20.7. The number of hydrogen-bond acceptors (Lipinski definition) is 6. The number of benzene rings is 3. The molecular weight excluding hydrogens is 420 g/mol. The number of methoxy groups -OCH3 is 1. The molecule has 0 unspecified atom stereocenters. The van der Waals surface area contributed by atoms with Crippen molar-refractivity contribution in [1.29, 1.82) is 0 Å². The third-order valence-electron chi connectivity index (χ3n) is 4.73. The van der Waals surface area contributed by atoms with Crippen LogP contribution in [0.1, 0.15) is 16.7 Å². The standard InChI is InChI=1S/C27H22O6/c1-29-23-12-9-20(16-25(23)31-18-22-6-3-2-4-7-22)8-5-15-30-27(28)14-11-21-10-13-24-26(17-21)33-19-32-24/h2-10,12-13,16-17H,15,18-19H2,1H3/b8-5+. The number of rotatable bonds is 7. The van der Waals surface area contributed by atoms with Gasteiger partial charge in [0.15, 0.2) is 23.0 Å². The van der Waals surface area contributed by atoms with Gasteiger partial charge in [-0.25, -0.2) is 4.79 Å². The van der Waals surface area contributed by atoms with Gasteiger partial charge in [-0.15, -0.1) is 0 Å². The van der Waals surface area contributed by atoms with Crippen LogP contribution in [0, 0.1) is 11.8 Å². The molecule has 1 aliphatic rings. The van der Waals surface area contributed by atoms with Gasteiger partial charge in [-0.1, -0.05) is 48.4 Å². The van der Waals surface area contributed by atoms with Gasteiger partial charge in [0.2, 0.25) is 6.79 Å². The quantitative estimate of drug-likeness (QED) is 0.393. The summed E-state index contributed by atoms with van der Waals surface area (Å²) >= 11 is 0. The Hall–Kier alpha value is -4.37. The topological polar surface area (TPSA) is 63.2 Å². The van der Waals surface area contributed by atoms with Crippen LogP contribution in [-0.2, 0) is 16.1 Å². The van der Waals surface area contributed by atoms with Gasteiger partial charge in [0.25, 0.3) is 0 Å². The highest BCUT2D eigenvalue weighted by atomic mass is 16.7. The van der Waals surface area contributed by atoms with Crippen molar-refractivity contribution in [1.82, 2.24) is 0 Å². The molecule has 0 amide bonds. The third kappa shape index (κ3) is 6.08. The molecule has 33 heavy (non-hydrogen) atoms. The summed E-state index contributed by atoms with van der Waals surface area (Å²) in [5.41, 5.74) is 2.60. The molecule has 0 N–H and O–H groups in total. The lowest BCUT2D eigenvalue weighted by Crippen LogP contribution is -2.00. The van der Waals surface area contributed by atoms with E-state index in [1.54, 1.807) is 31.4 Å². The second-order valence-corrected chi connectivity index (χ2v) is 7.00. The first-order chi connectivity index (χ1) is 16.2. The Bertz CT molecular complexity index is 1200. The fourth-order valence-electron chi connectivity index (χ4n) is 3.09. The number of fused-ring (bicyclic) bond motifs is 1. The number of carbonyl (C=O) groups excluding carboxylic acids is 1. The molecule has 0 radical (unpaired) electrons. The highest BCUT2D eigenvalue weighted by Crippen LogP contribution is 2.32. The average Bonchev–Trinajstić information content (AvgIpc) is 3.33. The van der Waals surface area contributed by atoms with Gasteiger partial charge in [-0.3, -0.25) is 0 Å². The van der Waals surface area contributed by atoms with Gasteiger partial charge in [0, 0.05) is 11.5 Å². The second-order valence-electron chi connectivity index (χ2n) is 7.00. The summed E-state index contributed by atoms with van der Waals surface area (Å²) in [4.78, 5) is 11.9. The summed E-state index contributed by atoms with van der Waals surface area (Å²) in [5.74, 6) is 7.18. The molecule has 0 aliphatic carbocycles. The average molecular weight is 442 g/mol. The molecule has 0 saturated carbocycles. The monoisotopic (exact) mass is 442 g/mol. The molecule has 1 aliphatic heterocycles. The molecule has 0 bridgehead atoms. The second kappa shape index (κ2) is 10.8. The van der Waals surface area contributed by atoms with Gasteiger partial charge < -0.3 is 23.7 Å². The highest BCUT2D eigenvalue weighted by Gasteiger charge is 2.12. The van der Waals surface area contributed by atoms with Crippen molar-refractivity contribution in [2.75, 3.05) is 20.5 Å². The van der Waals surface area contributed by atoms with Crippen molar-refractivity contribution >= 4 is 12.0 Å². The predicted octanol–water partition coefficient (Wildman–Crippen LogP) is 4.61. The molecule has 4 rings (SSSR count). The van der Waals surface area contributed by atoms with Crippen molar-refractivity contribution in [3.8, 4) is 34.8 Å². The molecule has 166 valence electrons. The molecule has 0 aromatic heterocycles. The van der Waals surface area contributed by atoms with E-state index in [2.05, 4.69) is 11.8 Å². The third-order valence-corrected chi connectivity index (χ3v) is 4.73. The Morgan fingerprint density at radius 1 is 1.00 bits per heavy atom. The maximum atomic E-state index is 11.9. The maximum Gasteiger partial charge on any atom is 0.385 e. The van der Waals surface area contributed by atoms with E-state index in [9.17, 15) is 4.79 Å². The highest BCUT2D eigenvalue weighted by molar-refractivity contribution is 5.89. The molecule has 0 fully saturated rings. The van der Waals surface area contributed by atoms with E-state index in [0.29, 0.717) is 35.2 Å². The van der Waals surface area contributed by atoms with E-state index >= 15 is 0 Å². The van der Waals surface area contributed by atoms with Crippen LogP contribution in [0.5, 0.6) is 23.0 Å². The van der Waals surface area contributed by atoms with Crippen LogP contribution in [-0.4, -0.2) is 26.5 Å². The summed E-state index contributed by atoms with van der Waals surface area (Å²) in [6.07, 6.45) is 3.58. The zero-order chi connectivity index (χ0) is 22.9. The summed E-state index contributed by atoms with van der Waals surface area (Å²) in [6.45, 7) is 0.723. The van der Waals surface area contributed by atoms with Crippen molar-refractivity contribution in [2.24, 2.45) is 0 Å². The van der Waals surface area contributed by atoms with Crippen LogP contribution in [0.15, 0.2) is 72.8 Å². The Labute approximate surface area is 192 Å². The minimum atomic E-state index is -0.612. The SMILES string of the molecule is COc1ccc(/C=C/COC(=O)C#Cc2ccc3c(c2)OCO3)cc1OCc1ccccc1. The van der Waals surface area contributed by atoms with E-state index in [1.165, 1.54) is 0 Å². The maximum absolute atomic E-state index is 11.9. The van der Waals surface area contributed by atoms with Gasteiger partial charge in [-0.2, -0.15) is 0 Å². The van der Waals surface area contributed by atoms with Crippen LogP contribution in [0.4, 0.5) is 0 Å². The lowest BCUT2D eigenvalue weighted by Gasteiger charge is -2.11. The molecule has 6 heteroatoms. The smallest absolute Gasteiger partial charge is 0.385 e. The van der Waals surface area contributed by atoms with Gasteiger partial charge in [-0.05, 0) is 47.5 Å². The molecule has 0 atom stereocenters. The lowest BCUT2D eigenvalue weighted by atomic mass is 10.2. The van der Waals surface area contributed by atoms with Crippen molar-refractivity contribution in [3.05, 3.63) is 89.5 Å². The molecule has 0 spiro atoms. The first kappa shape index (κ1) is 21.8. The molecular formula is C27H22O6. The van der Waals surface area contributed by atoms with Crippen LogP contribution in [0.3, 0.4) is 0 Å². The van der Waals surface area contributed by atoms with Gasteiger partial charge >= 0.3 is 5.97 Å². The Morgan fingerprint density at radius 2 is 1.85 bits per heavy atom. The van der Waals surface area contributed by atoms with E-state index in [-0.39, 0.29) is 13.4 Å². The summed E-state index contributed by atoms with van der Waals surface area (Å²) in [7, 11) is 1.60. The van der Waals surface area contributed by atoms with Crippen molar-refractivity contribution in [3.63, 3.8) is 0 Å². The molecule has 0 saturated heterocycles. The van der Waals surface area contributed by atoms with E-state index in [1.807, 2.05) is 54.6 Å². The minimum Gasteiger partial charge on any atom is -0.493 e. The minimum absolute atomic E-state index is 0.0981. The van der Waals surface area contributed by atoms with E-state index in [0.717, 1.165) is 11.1 Å². The predicted molar refractivity (Wildman–Crippen MR) is 123 cm³/mol. The fraction of sp³-hybridized carbons (Fsp3) is 0.148. The normalized spacial score (nSPS) is 11.5. The van der Waals surface area contributed by atoms with Crippen LogP contribution < -0.4 is 18.9 Å². The first-order valence-electron chi connectivity index (χ1n) is 10.3. The van der Waals surface area contributed by atoms with Crippen LogP contribution >= 0.6 is 0 Å². The summed E-state index contributed by atoms with van der Waals surface area (Å²) in [5, 5.41) is 0. The number of carbonyl (C=O) groups is 1. The van der Waals surface area contributed by atoms with E-state index in [4.69, 9.17) is 23.7 Å². The lowest BCUT2D eigenvalue weighted by molar-refractivity contribution is -0.135. The zero-order valence-electron chi connectivity index (χ0n) is 18.1. The number of hydrogen-bond donors (Lipinski definition) is 0. The number of ether oxygens (including phenoxy) is 5. The van der Waals surface area contributed by atoms with Crippen LogP contribution in [0.25, 0.3) is 6.08 Å². The van der Waals surface area contributed by atoms with Crippen molar-refractivity contribution < 1.29 is 28.5 Å². The Balaban J connectivity index is 1.30. The molecule has 1 heterocycles. The summed E-state index contributed by atoms with van der Waals surface area (Å²) < 4.78 is 27.0. The molecule has 3 aromatic rings. The first-order valence-corrected chi connectivity index (χ1v) is 10.3. The van der Waals surface area contributed by atoms with E-state index < -0.39 is 5.97 Å². The Morgan fingerprint density at radius 3 is 2.70 bits per heavy atom.